The fraction of sp³-hybridized carbons (Fsp3) is 0.280. The zero-order valence-electron chi connectivity index (χ0n) is 19.8. The van der Waals surface area contributed by atoms with E-state index in [2.05, 4.69) is 17.0 Å². The summed E-state index contributed by atoms with van der Waals surface area (Å²) in [6.07, 6.45) is 2.25. The van der Waals surface area contributed by atoms with Crippen LogP contribution in [0, 0.1) is 19.3 Å². The Kier molecular flexibility index (Phi) is 7.47. The normalized spacial score (nSPS) is 16.3. The van der Waals surface area contributed by atoms with Gasteiger partial charge >= 0.3 is 0 Å². The van der Waals surface area contributed by atoms with Crippen LogP contribution < -0.4 is 14.2 Å². The molecule has 10 heteroatoms. The number of aryl methyl sites for hydroxylation is 2. The third-order valence-corrected chi connectivity index (χ3v) is 6.77. The molecule has 182 valence electrons. The summed E-state index contributed by atoms with van der Waals surface area (Å²) in [6, 6.07) is 9.26. The molecule has 2 aromatic rings. The maximum absolute atomic E-state index is 12.6. The number of amides is 1. The number of carbonyl (C=O) groups excluding carboxylic acids is 1. The second-order valence-corrected chi connectivity index (χ2v) is 9.29. The molecule has 35 heavy (non-hydrogen) atoms. The van der Waals surface area contributed by atoms with E-state index in [0.29, 0.717) is 40.3 Å². The number of methoxy groups -OCH3 is 1. The number of rotatable bonds is 8. The lowest BCUT2D eigenvalue weighted by Gasteiger charge is -2.20. The van der Waals surface area contributed by atoms with E-state index >= 15 is 0 Å². The first kappa shape index (κ1) is 24.8. The van der Waals surface area contributed by atoms with Gasteiger partial charge in [0, 0.05) is 0 Å². The molecule has 0 aromatic heterocycles. The molecule has 0 fully saturated rings. The Bertz CT molecular complexity index is 1290. The molecule has 1 amide bonds. The van der Waals surface area contributed by atoms with Crippen LogP contribution in [-0.2, 0) is 4.79 Å². The molecule has 0 atom stereocenters. The molecule has 0 aliphatic carbocycles. The minimum atomic E-state index is -0.500. The SMILES string of the molecule is CCC1=NN2C(=N)/C(=C/c3cc(Cl)c(OCCOc4ccc(C)c(C)c4)c(OC)c3)C(=O)N=C2S1. The minimum absolute atomic E-state index is 0.0325. The van der Waals surface area contributed by atoms with Gasteiger partial charge < -0.3 is 14.2 Å². The van der Waals surface area contributed by atoms with Crippen LogP contribution in [0.2, 0.25) is 5.02 Å². The molecule has 2 heterocycles. The number of hydrogen-bond donors (Lipinski definition) is 1. The van der Waals surface area contributed by atoms with Crippen molar-refractivity contribution in [2.24, 2.45) is 10.1 Å². The standard InChI is InChI=1S/C25H25ClN4O4S/c1-5-21-29-30-23(27)18(24(31)28-25(30)35-21)11-16-12-19(26)22(20(13-16)32-4)34-9-8-33-17-7-6-14(2)15(3)10-17/h6-7,10-13,27H,5,8-9H2,1-4H3/b18-11-,27-23?. The average molecular weight is 513 g/mol. The number of fused-ring (bicyclic) bond motifs is 1. The second-order valence-electron chi connectivity index (χ2n) is 7.84. The predicted octanol–water partition coefficient (Wildman–Crippen LogP) is 5.45. The molecule has 8 nitrogen and oxygen atoms in total. The number of nitrogens with one attached hydrogen (secondary N) is 1. The van der Waals surface area contributed by atoms with Crippen LogP contribution in [0.3, 0.4) is 0 Å². The van der Waals surface area contributed by atoms with Gasteiger partial charge in [0.25, 0.3) is 5.91 Å². The lowest BCUT2D eigenvalue weighted by Crippen LogP contribution is -2.35. The van der Waals surface area contributed by atoms with Crippen LogP contribution in [0.25, 0.3) is 6.08 Å². The van der Waals surface area contributed by atoms with Gasteiger partial charge in [-0.2, -0.15) is 15.1 Å². The first-order valence-corrected chi connectivity index (χ1v) is 12.2. The van der Waals surface area contributed by atoms with Crippen molar-refractivity contribution in [1.82, 2.24) is 5.01 Å². The van der Waals surface area contributed by atoms with E-state index in [-0.39, 0.29) is 18.0 Å². The summed E-state index contributed by atoms with van der Waals surface area (Å²) in [4.78, 5) is 16.7. The number of thioether (sulfide) groups is 1. The highest BCUT2D eigenvalue weighted by atomic mass is 35.5. The van der Waals surface area contributed by atoms with Gasteiger partial charge in [0.2, 0.25) is 5.17 Å². The number of ether oxygens (including phenoxy) is 3. The van der Waals surface area contributed by atoms with Crippen LogP contribution in [0.15, 0.2) is 46.0 Å². The quantitative estimate of drug-likeness (QED) is 0.373. The molecule has 2 aliphatic rings. The van der Waals surface area contributed by atoms with Gasteiger partial charge in [0.15, 0.2) is 17.3 Å². The number of nitrogens with zero attached hydrogens (tertiary/aromatic N) is 3. The third kappa shape index (κ3) is 5.36. The Labute approximate surface area is 213 Å². The summed E-state index contributed by atoms with van der Waals surface area (Å²) in [7, 11) is 1.51. The smallest absolute Gasteiger partial charge is 0.283 e. The van der Waals surface area contributed by atoms with Crippen molar-refractivity contribution in [3.63, 3.8) is 0 Å². The van der Waals surface area contributed by atoms with E-state index in [0.717, 1.165) is 16.4 Å². The third-order valence-electron chi connectivity index (χ3n) is 5.44. The van der Waals surface area contributed by atoms with E-state index in [9.17, 15) is 4.79 Å². The lowest BCUT2D eigenvalue weighted by atomic mass is 10.1. The first-order chi connectivity index (χ1) is 16.8. The number of amidine groups is 2. The fourth-order valence-electron chi connectivity index (χ4n) is 3.41. The van der Waals surface area contributed by atoms with E-state index in [1.165, 1.54) is 29.4 Å². The fourth-order valence-corrected chi connectivity index (χ4v) is 4.51. The first-order valence-electron chi connectivity index (χ1n) is 11.0. The summed E-state index contributed by atoms with van der Waals surface area (Å²) in [6.45, 7) is 6.63. The molecule has 0 saturated carbocycles. The van der Waals surface area contributed by atoms with Crippen molar-refractivity contribution in [2.75, 3.05) is 20.3 Å². The average Bonchev–Trinajstić information content (AvgIpc) is 3.25. The Hall–Kier alpha value is -3.30. The van der Waals surface area contributed by atoms with Gasteiger partial charge in [-0.3, -0.25) is 10.2 Å². The number of halogens is 1. The van der Waals surface area contributed by atoms with Crippen molar-refractivity contribution < 1.29 is 19.0 Å². The van der Waals surface area contributed by atoms with E-state index in [1.807, 2.05) is 32.0 Å². The molecular weight excluding hydrogens is 488 g/mol. The van der Waals surface area contributed by atoms with E-state index in [4.69, 9.17) is 31.2 Å². The molecule has 0 saturated heterocycles. The number of aliphatic imine (C=N–C) groups is 1. The highest BCUT2D eigenvalue weighted by Crippen LogP contribution is 2.37. The number of benzene rings is 2. The molecular formula is C25H25ClN4O4S. The number of hydrazone groups is 1. The summed E-state index contributed by atoms with van der Waals surface area (Å²) in [5.74, 6) is 1.01. The Morgan fingerprint density at radius 3 is 2.63 bits per heavy atom. The van der Waals surface area contributed by atoms with E-state index in [1.54, 1.807) is 18.2 Å². The molecule has 2 aromatic carbocycles. The van der Waals surface area contributed by atoms with Gasteiger partial charge in [-0.15, -0.1) is 0 Å². The summed E-state index contributed by atoms with van der Waals surface area (Å²) in [5, 5.41) is 15.7. The number of hydrogen-bond acceptors (Lipinski definition) is 7. The largest absolute Gasteiger partial charge is 0.493 e. The molecule has 0 spiro atoms. The van der Waals surface area contributed by atoms with Gasteiger partial charge in [0.05, 0.1) is 17.7 Å². The van der Waals surface area contributed by atoms with Crippen LogP contribution in [0.1, 0.15) is 30.0 Å². The maximum Gasteiger partial charge on any atom is 0.283 e. The van der Waals surface area contributed by atoms with Crippen LogP contribution in [0.5, 0.6) is 17.2 Å². The summed E-state index contributed by atoms with van der Waals surface area (Å²) < 4.78 is 17.1. The highest BCUT2D eigenvalue weighted by Gasteiger charge is 2.35. The minimum Gasteiger partial charge on any atom is -0.493 e. The van der Waals surface area contributed by atoms with Crippen molar-refractivity contribution >= 4 is 51.4 Å². The van der Waals surface area contributed by atoms with Gasteiger partial charge in [0.1, 0.15) is 24.0 Å². The van der Waals surface area contributed by atoms with Gasteiger partial charge in [-0.25, -0.2) is 0 Å². The zero-order chi connectivity index (χ0) is 25.1. The Morgan fingerprint density at radius 2 is 1.91 bits per heavy atom. The van der Waals surface area contributed by atoms with Gasteiger partial charge in [-0.05, 0) is 79.1 Å². The van der Waals surface area contributed by atoms with Crippen LogP contribution >= 0.6 is 23.4 Å². The molecule has 1 N–H and O–H groups in total. The van der Waals surface area contributed by atoms with Crippen molar-refractivity contribution in [3.8, 4) is 17.2 Å². The van der Waals surface area contributed by atoms with Crippen LogP contribution in [0.4, 0.5) is 0 Å². The molecule has 0 radical (unpaired) electrons. The Balaban J connectivity index is 1.48. The lowest BCUT2D eigenvalue weighted by molar-refractivity contribution is -0.114. The van der Waals surface area contributed by atoms with E-state index < -0.39 is 5.91 Å². The van der Waals surface area contributed by atoms with Gasteiger partial charge in [-0.1, -0.05) is 24.6 Å². The van der Waals surface area contributed by atoms with Crippen LogP contribution in [-0.4, -0.2) is 47.3 Å². The molecule has 0 unspecified atom stereocenters. The monoisotopic (exact) mass is 512 g/mol. The highest BCUT2D eigenvalue weighted by molar-refractivity contribution is 8.26. The molecule has 2 aliphatic heterocycles. The Morgan fingerprint density at radius 1 is 1.14 bits per heavy atom. The maximum atomic E-state index is 12.6. The molecule has 4 rings (SSSR count). The number of carbonyl (C=O) groups is 1. The van der Waals surface area contributed by atoms with Crippen molar-refractivity contribution in [2.45, 2.75) is 27.2 Å². The topological polar surface area (TPSA) is 96.6 Å². The second kappa shape index (κ2) is 10.5. The van der Waals surface area contributed by atoms with Crippen molar-refractivity contribution in [3.05, 3.63) is 57.6 Å². The molecule has 0 bridgehead atoms. The zero-order valence-corrected chi connectivity index (χ0v) is 21.4. The summed E-state index contributed by atoms with van der Waals surface area (Å²) in [5.41, 5.74) is 3.05. The van der Waals surface area contributed by atoms with Crippen molar-refractivity contribution in [1.29, 1.82) is 5.41 Å². The predicted molar refractivity (Wildman–Crippen MR) is 140 cm³/mol. The summed E-state index contributed by atoms with van der Waals surface area (Å²) >= 11 is 7.79.